The van der Waals surface area contributed by atoms with Gasteiger partial charge in [-0.05, 0) is 18.8 Å². The van der Waals surface area contributed by atoms with E-state index in [-0.39, 0.29) is 6.10 Å². The highest BCUT2D eigenvalue weighted by molar-refractivity contribution is 5.67. The standard InChI is InChI=1S/C13H22N4O2/c1-8(2)7-15-12-10(14)13(18-3)17-11(16-12)9-5-4-6-19-9/h8-9H,4-7,14H2,1-3H3,(H,15,16,17). The number of anilines is 2. The summed E-state index contributed by atoms with van der Waals surface area (Å²) in [6, 6.07) is 0. The van der Waals surface area contributed by atoms with Crippen molar-refractivity contribution in [1.82, 2.24) is 9.97 Å². The van der Waals surface area contributed by atoms with Gasteiger partial charge in [-0.2, -0.15) is 4.98 Å². The lowest BCUT2D eigenvalue weighted by molar-refractivity contribution is 0.104. The first-order valence-electron chi connectivity index (χ1n) is 6.68. The first kappa shape index (κ1) is 13.9. The number of nitrogens with one attached hydrogen (secondary N) is 1. The minimum Gasteiger partial charge on any atom is -0.479 e. The molecule has 0 radical (unpaired) electrons. The zero-order valence-corrected chi connectivity index (χ0v) is 11.8. The summed E-state index contributed by atoms with van der Waals surface area (Å²) in [5.41, 5.74) is 6.44. The number of ether oxygens (including phenoxy) is 2. The van der Waals surface area contributed by atoms with Crippen LogP contribution in [0.2, 0.25) is 0 Å². The van der Waals surface area contributed by atoms with Crippen molar-refractivity contribution < 1.29 is 9.47 Å². The molecule has 6 nitrogen and oxygen atoms in total. The van der Waals surface area contributed by atoms with Gasteiger partial charge >= 0.3 is 0 Å². The van der Waals surface area contributed by atoms with Gasteiger partial charge in [-0.1, -0.05) is 13.8 Å². The first-order valence-corrected chi connectivity index (χ1v) is 6.68. The highest BCUT2D eigenvalue weighted by Gasteiger charge is 2.23. The lowest BCUT2D eigenvalue weighted by Gasteiger charge is -2.16. The van der Waals surface area contributed by atoms with Crippen LogP contribution in [-0.4, -0.2) is 30.2 Å². The summed E-state index contributed by atoms with van der Waals surface area (Å²) in [4.78, 5) is 8.82. The topological polar surface area (TPSA) is 82.3 Å². The van der Waals surface area contributed by atoms with Gasteiger partial charge in [0, 0.05) is 13.2 Å². The van der Waals surface area contributed by atoms with E-state index in [1.54, 1.807) is 7.11 Å². The van der Waals surface area contributed by atoms with E-state index in [1.807, 2.05) is 0 Å². The van der Waals surface area contributed by atoms with Crippen LogP contribution in [0.1, 0.15) is 38.6 Å². The van der Waals surface area contributed by atoms with Gasteiger partial charge in [0.1, 0.15) is 11.8 Å². The number of aromatic nitrogens is 2. The normalized spacial score (nSPS) is 18.8. The fourth-order valence-electron chi connectivity index (χ4n) is 1.98. The number of nitrogen functional groups attached to an aromatic ring is 1. The molecule has 0 amide bonds. The molecule has 2 rings (SSSR count). The highest BCUT2D eigenvalue weighted by Crippen LogP contribution is 2.32. The van der Waals surface area contributed by atoms with Gasteiger partial charge in [0.15, 0.2) is 11.6 Å². The minimum absolute atomic E-state index is 0.0471. The van der Waals surface area contributed by atoms with Crippen molar-refractivity contribution in [1.29, 1.82) is 0 Å². The lowest BCUT2D eigenvalue weighted by Crippen LogP contribution is -2.15. The number of nitrogens with zero attached hydrogens (tertiary/aromatic N) is 2. The Hall–Kier alpha value is -1.56. The molecule has 1 aliphatic rings. The number of hydrogen-bond acceptors (Lipinski definition) is 6. The van der Waals surface area contributed by atoms with Gasteiger partial charge < -0.3 is 20.5 Å². The van der Waals surface area contributed by atoms with Crippen molar-refractivity contribution in [3.8, 4) is 5.88 Å². The van der Waals surface area contributed by atoms with Gasteiger partial charge in [0.25, 0.3) is 0 Å². The Labute approximate surface area is 113 Å². The summed E-state index contributed by atoms with van der Waals surface area (Å²) in [5, 5.41) is 3.24. The Bertz CT molecular complexity index is 431. The van der Waals surface area contributed by atoms with Gasteiger partial charge in [0.2, 0.25) is 5.88 Å². The van der Waals surface area contributed by atoms with E-state index < -0.39 is 0 Å². The SMILES string of the molecule is COc1nc(C2CCCO2)nc(NCC(C)C)c1N. The molecule has 1 atom stereocenters. The average Bonchev–Trinajstić information content (AvgIpc) is 2.91. The molecular formula is C13H22N4O2. The van der Waals surface area contributed by atoms with Gasteiger partial charge in [-0.3, -0.25) is 0 Å². The van der Waals surface area contributed by atoms with Crippen molar-refractivity contribution in [3.05, 3.63) is 5.82 Å². The quantitative estimate of drug-likeness (QED) is 0.848. The smallest absolute Gasteiger partial charge is 0.242 e. The van der Waals surface area contributed by atoms with Crippen molar-refractivity contribution in [2.45, 2.75) is 32.8 Å². The number of rotatable bonds is 5. The average molecular weight is 266 g/mol. The van der Waals surface area contributed by atoms with Gasteiger partial charge in [-0.15, -0.1) is 0 Å². The largest absolute Gasteiger partial charge is 0.479 e. The van der Waals surface area contributed by atoms with Crippen LogP contribution >= 0.6 is 0 Å². The van der Waals surface area contributed by atoms with E-state index >= 15 is 0 Å². The van der Waals surface area contributed by atoms with E-state index in [9.17, 15) is 0 Å². The maximum Gasteiger partial charge on any atom is 0.242 e. The summed E-state index contributed by atoms with van der Waals surface area (Å²) in [7, 11) is 1.56. The fourth-order valence-corrected chi connectivity index (χ4v) is 1.98. The number of nitrogens with two attached hydrogens (primary N) is 1. The van der Waals surface area contributed by atoms with Crippen molar-refractivity contribution in [3.63, 3.8) is 0 Å². The Morgan fingerprint density at radius 2 is 2.26 bits per heavy atom. The fraction of sp³-hybridized carbons (Fsp3) is 0.692. The summed E-state index contributed by atoms with van der Waals surface area (Å²) in [5.74, 6) is 2.19. The van der Waals surface area contributed by atoms with E-state index in [0.717, 1.165) is 26.0 Å². The summed E-state index contributed by atoms with van der Waals surface area (Å²) in [6.07, 6.45) is 1.93. The summed E-state index contributed by atoms with van der Waals surface area (Å²) in [6.45, 7) is 5.82. The van der Waals surface area contributed by atoms with Crippen LogP contribution in [0.25, 0.3) is 0 Å². The van der Waals surface area contributed by atoms with Crippen molar-refractivity contribution in [2.75, 3.05) is 31.3 Å². The molecule has 0 bridgehead atoms. The third kappa shape index (κ3) is 3.26. The third-order valence-corrected chi connectivity index (χ3v) is 3.02. The maximum absolute atomic E-state index is 5.99. The van der Waals surface area contributed by atoms with Crippen molar-refractivity contribution >= 4 is 11.5 Å². The molecule has 0 spiro atoms. The van der Waals surface area contributed by atoms with Crippen LogP contribution in [0, 0.1) is 5.92 Å². The van der Waals surface area contributed by atoms with Crippen LogP contribution in [0.5, 0.6) is 5.88 Å². The zero-order chi connectivity index (χ0) is 13.8. The highest BCUT2D eigenvalue weighted by atomic mass is 16.5. The Balaban J connectivity index is 2.26. The minimum atomic E-state index is -0.0471. The summed E-state index contributed by atoms with van der Waals surface area (Å²) < 4.78 is 10.8. The second-order valence-electron chi connectivity index (χ2n) is 5.13. The molecule has 1 aliphatic heterocycles. The molecule has 19 heavy (non-hydrogen) atoms. The monoisotopic (exact) mass is 266 g/mol. The second-order valence-corrected chi connectivity index (χ2v) is 5.13. The van der Waals surface area contributed by atoms with Crippen molar-refractivity contribution in [2.24, 2.45) is 5.92 Å². The third-order valence-electron chi connectivity index (χ3n) is 3.02. The molecule has 6 heteroatoms. The molecule has 106 valence electrons. The Morgan fingerprint density at radius 1 is 1.47 bits per heavy atom. The molecular weight excluding hydrogens is 244 g/mol. The van der Waals surface area contributed by atoms with Crippen LogP contribution in [0.3, 0.4) is 0 Å². The molecule has 3 N–H and O–H groups in total. The van der Waals surface area contributed by atoms with Gasteiger partial charge in [0.05, 0.1) is 7.11 Å². The predicted octanol–water partition coefficient (Wildman–Crippen LogP) is 1.99. The van der Waals surface area contributed by atoms with E-state index in [1.165, 1.54) is 0 Å². The Kier molecular flexibility index (Phi) is 4.42. The lowest BCUT2D eigenvalue weighted by atomic mass is 10.2. The molecule has 1 aromatic heterocycles. The van der Waals surface area contributed by atoms with Gasteiger partial charge in [-0.25, -0.2) is 4.98 Å². The maximum atomic E-state index is 5.99. The predicted molar refractivity (Wildman–Crippen MR) is 74.3 cm³/mol. The van der Waals surface area contributed by atoms with E-state index in [4.69, 9.17) is 15.2 Å². The second kappa shape index (κ2) is 6.06. The van der Waals surface area contributed by atoms with Crippen LogP contribution in [-0.2, 0) is 4.74 Å². The molecule has 1 unspecified atom stereocenters. The molecule has 1 fully saturated rings. The van der Waals surface area contributed by atoms with E-state index in [2.05, 4.69) is 29.1 Å². The zero-order valence-electron chi connectivity index (χ0n) is 11.8. The molecule has 0 aliphatic carbocycles. The molecule has 0 saturated carbocycles. The summed E-state index contributed by atoms with van der Waals surface area (Å²) >= 11 is 0. The van der Waals surface area contributed by atoms with Crippen LogP contribution < -0.4 is 15.8 Å². The molecule has 2 heterocycles. The molecule has 1 saturated heterocycles. The first-order chi connectivity index (χ1) is 9.11. The molecule has 1 aromatic rings. The van der Waals surface area contributed by atoms with Crippen LogP contribution in [0.15, 0.2) is 0 Å². The number of methoxy groups -OCH3 is 1. The Morgan fingerprint density at radius 3 is 2.84 bits per heavy atom. The number of hydrogen-bond donors (Lipinski definition) is 2. The van der Waals surface area contributed by atoms with E-state index in [0.29, 0.717) is 29.1 Å². The van der Waals surface area contributed by atoms with Crippen LogP contribution in [0.4, 0.5) is 11.5 Å². The molecule has 0 aromatic carbocycles.